The van der Waals surface area contributed by atoms with E-state index in [0.29, 0.717) is 13.1 Å². The molecule has 1 aliphatic rings. The average molecular weight is 335 g/mol. The van der Waals surface area contributed by atoms with E-state index in [9.17, 15) is 4.79 Å². The van der Waals surface area contributed by atoms with Crippen molar-refractivity contribution in [1.29, 1.82) is 0 Å². The number of aryl methyl sites for hydroxylation is 1. The molecular weight excluding hydrogens is 314 g/mol. The summed E-state index contributed by atoms with van der Waals surface area (Å²) >= 11 is 0. The van der Waals surface area contributed by atoms with Crippen LogP contribution in [0.2, 0.25) is 0 Å². The van der Waals surface area contributed by atoms with Crippen molar-refractivity contribution in [2.75, 3.05) is 31.1 Å². The summed E-state index contributed by atoms with van der Waals surface area (Å²) in [7, 11) is 0. The van der Waals surface area contributed by atoms with Crippen LogP contribution in [0.4, 0.5) is 5.95 Å². The first-order valence-corrected chi connectivity index (χ1v) is 8.69. The molecule has 0 bridgehead atoms. The van der Waals surface area contributed by atoms with Crippen molar-refractivity contribution >= 4 is 17.5 Å². The molecule has 4 rings (SSSR count). The summed E-state index contributed by atoms with van der Waals surface area (Å²) in [6.45, 7) is 5.01. The van der Waals surface area contributed by atoms with Crippen LogP contribution in [0.25, 0.3) is 5.65 Å². The third-order valence-corrected chi connectivity index (χ3v) is 4.75. The number of pyridine rings is 1. The summed E-state index contributed by atoms with van der Waals surface area (Å²) < 4.78 is 1.99. The second-order valence-corrected chi connectivity index (χ2v) is 6.26. The van der Waals surface area contributed by atoms with Crippen LogP contribution in [0.15, 0.2) is 48.7 Å². The number of carbonyl (C=O) groups is 1. The van der Waals surface area contributed by atoms with Gasteiger partial charge in [0, 0.05) is 37.9 Å². The second kappa shape index (κ2) is 6.55. The molecular formula is C19H21N5O. The van der Waals surface area contributed by atoms with Crippen LogP contribution in [0, 0.1) is 0 Å². The van der Waals surface area contributed by atoms with Gasteiger partial charge in [-0.2, -0.15) is 0 Å². The van der Waals surface area contributed by atoms with Crippen LogP contribution in [0.3, 0.4) is 0 Å². The Hall–Kier alpha value is -2.89. The van der Waals surface area contributed by atoms with E-state index in [1.807, 2.05) is 58.0 Å². The Bertz CT molecular complexity index is 878. The Morgan fingerprint density at radius 3 is 2.48 bits per heavy atom. The molecule has 128 valence electrons. The van der Waals surface area contributed by atoms with Crippen LogP contribution in [-0.4, -0.2) is 51.6 Å². The summed E-state index contributed by atoms with van der Waals surface area (Å²) in [5.41, 5.74) is 2.85. The van der Waals surface area contributed by atoms with E-state index in [0.717, 1.165) is 36.7 Å². The third kappa shape index (κ3) is 2.95. The molecule has 6 heteroatoms. The van der Waals surface area contributed by atoms with Gasteiger partial charge in [-0.05, 0) is 36.2 Å². The minimum absolute atomic E-state index is 0.105. The van der Waals surface area contributed by atoms with Crippen molar-refractivity contribution in [1.82, 2.24) is 19.5 Å². The van der Waals surface area contributed by atoms with E-state index in [2.05, 4.69) is 22.0 Å². The molecule has 0 saturated carbocycles. The van der Waals surface area contributed by atoms with E-state index in [1.165, 1.54) is 5.56 Å². The monoisotopic (exact) mass is 335 g/mol. The van der Waals surface area contributed by atoms with Crippen LogP contribution in [0.5, 0.6) is 0 Å². The van der Waals surface area contributed by atoms with Crippen molar-refractivity contribution in [3.05, 3.63) is 59.8 Å². The van der Waals surface area contributed by atoms with Crippen molar-refractivity contribution in [3.8, 4) is 0 Å². The summed E-state index contributed by atoms with van der Waals surface area (Å²) in [6, 6.07) is 13.8. The lowest BCUT2D eigenvalue weighted by Crippen LogP contribution is -2.49. The van der Waals surface area contributed by atoms with Crippen molar-refractivity contribution in [2.24, 2.45) is 0 Å². The fraction of sp³-hybridized carbons (Fsp3) is 0.316. The molecule has 2 aromatic heterocycles. The zero-order valence-electron chi connectivity index (χ0n) is 14.3. The zero-order valence-corrected chi connectivity index (χ0v) is 14.3. The number of rotatable bonds is 3. The Morgan fingerprint density at radius 2 is 1.76 bits per heavy atom. The zero-order chi connectivity index (χ0) is 17.2. The van der Waals surface area contributed by atoms with Crippen LogP contribution in [-0.2, 0) is 6.42 Å². The number of hydrogen-bond acceptors (Lipinski definition) is 4. The summed E-state index contributed by atoms with van der Waals surface area (Å²) in [5, 5.41) is 8.50. The first-order valence-electron chi connectivity index (χ1n) is 8.69. The van der Waals surface area contributed by atoms with Crippen molar-refractivity contribution in [2.45, 2.75) is 13.3 Å². The molecule has 0 unspecified atom stereocenters. The normalized spacial score (nSPS) is 14.9. The Balaban J connectivity index is 1.44. The van der Waals surface area contributed by atoms with Gasteiger partial charge >= 0.3 is 0 Å². The second-order valence-electron chi connectivity index (χ2n) is 6.26. The molecule has 6 nitrogen and oxygen atoms in total. The number of benzene rings is 1. The maximum absolute atomic E-state index is 12.7. The van der Waals surface area contributed by atoms with E-state index < -0.39 is 0 Å². The smallest absolute Gasteiger partial charge is 0.253 e. The lowest BCUT2D eigenvalue weighted by Gasteiger charge is -2.34. The highest BCUT2D eigenvalue weighted by Gasteiger charge is 2.24. The van der Waals surface area contributed by atoms with Gasteiger partial charge in [-0.25, -0.2) is 0 Å². The Kier molecular flexibility index (Phi) is 4.09. The molecule has 0 atom stereocenters. The molecule has 1 aromatic carbocycles. The summed E-state index contributed by atoms with van der Waals surface area (Å²) in [6.07, 6.45) is 2.96. The number of anilines is 1. The molecule has 0 spiro atoms. The van der Waals surface area contributed by atoms with Crippen LogP contribution < -0.4 is 4.90 Å². The van der Waals surface area contributed by atoms with Gasteiger partial charge in [0.2, 0.25) is 5.95 Å². The number of aromatic nitrogens is 3. The summed E-state index contributed by atoms with van der Waals surface area (Å²) in [5.74, 6) is 0.948. The third-order valence-electron chi connectivity index (χ3n) is 4.75. The van der Waals surface area contributed by atoms with Crippen molar-refractivity contribution < 1.29 is 4.79 Å². The van der Waals surface area contributed by atoms with Gasteiger partial charge in [0.05, 0.1) is 0 Å². The largest absolute Gasteiger partial charge is 0.337 e. The number of fused-ring (bicyclic) bond motifs is 1. The topological polar surface area (TPSA) is 53.7 Å². The molecule has 1 amide bonds. The molecule has 1 aliphatic heterocycles. The van der Waals surface area contributed by atoms with E-state index in [-0.39, 0.29) is 5.91 Å². The standard InChI is InChI=1S/C19H21N5O/c1-2-15-6-8-16(9-7-15)18(25)22-11-13-23(14-12-22)19-21-20-17-5-3-4-10-24(17)19/h3-10H,2,11-14H2,1H3. The number of nitrogens with zero attached hydrogens (tertiary/aromatic N) is 5. The SMILES string of the molecule is CCc1ccc(C(=O)N2CCN(c3nnc4ccccn34)CC2)cc1. The maximum atomic E-state index is 12.7. The van der Waals surface area contributed by atoms with E-state index in [1.54, 1.807) is 0 Å². The van der Waals surface area contributed by atoms with Crippen molar-refractivity contribution in [3.63, 3.8) is 0 Å². The fourth-order valence-corrected chi connectivity index (χ4v) is 3.22. The average Bonchev–Trinajstić information content (AvgIpc) is 3.12. The van der Waals surface area contributed by atoms with Gasteiger partial charge in [0.15, 0.2) is 5.65 Å². The molecule has 0 radical (unpaired) electrons. The minimum atomic E-state index is 0.105. The molecule has 3 heterocycles. The van der Waals surface area contributed by atoms with Gasteiger partial charge in [0.1, 0.15) is 0 Å². The molecule has 0 N–H and O–H groups in total. The van der Waals surface area contributed by atoms with Gasteiger partial charge in [-0.3, -0.25) is 9.20 Å². The number of carbonyl (C=O) groups excluding carboxylic acids is 1. The number of amides is 1. The molecule has 1 fully saturated rings. The maximum Gasteiger partial charge on any atom is 0.253 e. The fourth-order valence-electron chi connectivity index (χ4n) is 3.22. The lowest BCUT2D eigenvalue weighted by molar-refractivity contribution is 0.0746. The van der Waals surface area contributed by atoms with Crippen LogP contribution in [0.1, 0.15) is 22.8 Å². The van der Waals surface area contributed by atoms with Crippen LogP contribution >= 0.6 is 0 Å². The van der Waals surface area contributed by atoms with Gasteiger partial charge in [0.25, 0.3) is 5.91 Å². The summed E-state index contributed by atoms with van der Waals surface area (Å²) in [4.78, 5) is 16.8. The van der Waals surface area contributed by atoms with Gasteiger partial charge in [-0.15, -0.1) is 10.2 Å². The predicted octanol–water partition coefficient (Wildman–Crippen LogP) is 2.25. The number of hydrogen-bond donors (Lipinski definition) is 0. The first kappa shape index (κ1) is 15.6. The first-order chi connectivity index (χ1) is 12.3. The lowest BCUT2D eigenvalue weighted by atomic mass is 10.1. The predicted molar refractivity (Wildman–Crippen MR) is 96.9 cm³/mol. The number of piperazine rings is 1. The molecule has 25 heavy (non-hydrogen) atoms. The molecule has 0 aliphatic carbocycles. The Morgan fingerprint density at radius 1 is 1.00 bits per heavy atom. The van der Waals surface area contributed by atoms with Gasteiger partial charge < -0.3 is 9.80 Å². The van der Waals surface area contributed by atoms with E-state index >= 15 is 0 Å². The Labute approximate surface area is 146 Å². The molecule has 3 aromatic rings. The quantitative estimate of drug-likeness (QED) is 0.737. The van der Waals surface area contributed by atoms with Gasteiger partial charge in [-0.1, -0.05) is 25.1 Å². The highest BCUT2D eigenvalue weighted by molar-refractivity contribution is 5.94. The van der Waals surface area contributed by atoms with E-state index in [4.69, 9.17) is 0 Å². The highest BCUT2D eigenvalue weighted by atomic mass is 16.2. The molecule has 1 saturated heterocycles. The highest BCUT2D eigenvalue weighted by Crippen LogP contribution is 2.17. The minimum Gasteiger partial charge on any atom is -0.337 e.